The Labute approximate surface area is 91.1 Å². The van der Waals surface area contributed by atoms with Crippen LogP contribution >= 0.6 is 0 Å². The summed E-state index contributed by atoms with van der Waals surface area (Å²) in [6, 6.07) is 0.845. The molecule has 0 bridgehead atoms. The molecule has 2 aliphatic carbocycles. The van der Waals surface area contributed by atoms with Crippen LogP contribution in [0, 0.1) is 5.92 Å². The number of nitrogens with two attached hydrogens (primary N) is 1. The molecule has 4 heteroatoms. The maximum absolute atomic E-state index is 8.43. The minimum Gasteiger partial charge on any atom is -0.409 e. The molecule has 2 saturated carbocycles. The van der Waals surface area contributed by atoms with Crippen molar-refractivity contribution in [3.05, 3.63) is 0 Å². The van der Waals surface area contributed by atoms with Gasteiger partial charge in [-0.25, -0.2) is 0 Å². The van der Waals surface area contributed by atoms with Gasteiger partial charge in [0.1, 0.15) is 5.84 Å². The fraction of sp³-hybridized carbons (Fsp3) is 0.909. The molecule has 2 rings (SSSR count). The van der Waals surface area contributed by atoms with Crippen LogP contribution in [-0.4, -0.2) is 35.1 Å². The van der Waals surface area contributed by atoms with Crippen molar-refractivity contribution in [1.29, 1.82) is 0 Å². The smallest absolute Gasteiger partial charge is 0.139 e. The van der Waals surface area contributed by atoms with E-state index in [9.17, 15) is 0 Å². The highest BCUT2D eigenvalue weighted by atomic mass is 16.4. The summed E-state index contributed by atoms with van der Waals surface area (Å²) in [6.07, 6.45) is 7.31. The largest absolute Gasteiger partial charge is 0.409 e. The molecular weight excluding hydrogens is 190 g/mol. The number of rotatable bonds is 7. The SMILES string of the molecule is NC(CCCN(CC1CC1)C1CC1)=NO. The molecule has 15 heavy (non-hydrogen) atoms. The molecule has 0 aromatic carbocycles. The molecule has 0 spiro atoms. The second kappa shape index (κ2) is 4.84. The predicted octanol–water partition coefficient (Wildman–Crippen LogP) is 1.39. The molecule has 0 aromatic heterocycles. The van der Waals surface area contributed by atoms with Crippen LogP contribution < -0.4 is 5.73 Å². The third-order valence-electron chi connectivity index (χ3n) is 3.26. The maximum atomic E-state index is 8.43. The lowest BCUT2D eigenvalue weighted by Gasteiger charge is -2.21. The monoisotopic (exact) mass is 211 g/mol. The highest BCUT2D eigenvalue weighted by Gasteiger charge is 2.32. The Morgan fingerprint density at radius 3 is 2.60 bits per heavy atom. The molecule has 0 radical (unpaired) electrons. The molecule has 4 nitrogen and oxygen atoms in total. The predicted molar refractivity (Wildman–Crippen MR) is 60.0 cm³/mol. The van der Waals surface area contributed by atoms with Gasteiger partial charge in [0.25, 0.3) is 0 Å². The van der Waals surface area contributed by atoms with Crippen molar-refractivity contribution in [2.45, 2.75) is 44.6 Å². The first-order valence-electron chi connectivity index (χ1n) is 6.00. The zero-order valence-corrected chi connectivity index (χ0v) is 9.23. The van der Waals surface area contributed by atoms with E-state index in [1.54, 1.807) is 0 Å². The van der Waals surface area contributed by atoms with E-state index in [1.807, 2.05) is 0 Å². The Balaban J connectivity index is 1.64. The average Bonchev–Trinajstić information content (AvgIpc) is 3.07. The number of nitrogens with zero attached hydrogens (tertiary/aromatic N) is 2. The van der Waals surface area contributed by atoms with Crippen LogP contribution in [0.25, 0.3) is 0 Å². The van der Waals surface area contributed by atoms with Crippen LogP contribution in [0.2, 0.25) is 0 Å². The van der Waals surface area contributed by atoms with Crippen molar-refractivity contribution in [3.8, 4) is 0 Å². The Hall–Kier alpha value is -0.770. The minimum atomic E-state index is 0.358. The van der Waals surface area contributed by atoms with Crippen LogP contribution in [-0.2, 0) is 0 Å². The third kappa shape index (κ3) is 3.70. The van der Waals surface area contributed by atoms with Crippen molar-refractivity contribution in [3.63, 3.8) is 0 Å². The summed E-state index contributed by atoms with van der Waals surface area (Å²) in [4.78, 5) is 2.60. The van der Waals surface area contributed by atoms with Crippen molar-refractivity contribution in [2.24, 2.45) is 16.8 Å². The first-order valence-corrected chi connectivity index (χ1v) is 6.00. The Morgan fingerprint density at radius 1 is 1.33 bits per heavy atom. The molecule has 0 heterocycles. The summed E-state index contributed by atoms with van der Waals surface area (Å²) >= 11 is 0. The van der Waals surface area contributed by atoms with Gasteiger partial charge in [0.15, 0.2) is 0 Å². The van der Waals surface area contributed by atoms with Crippen LogP contribution in [0.5, 0.6) is 0 Å². The first kappa shape index (κ1) is 10.7. The molecule has 2 fully saturated rings. The lowest BCUT2D eigenvalue weighted by molar-refractivity contribution is 0.250. The summed E-state index contributed by atoms with van der Waals surface area (Å²) in [5, 5.41) is 11.4. The molecule has 0 unspecified atom stereocenters. The molecule has 0 atom stereocenters. The van der Waals surface area contributed by atoms with E-state index in [0.717, 1.165) is 24.9 Å². The van der Waals surface area contributed by atoms with Crippen LogP contribution in [0.3, 0.4) is 0 Å². The Morgan fingerprint density at radius 2 is 2.07 bits per heavy atom. The fourth-order valence-electron chi connectivity index (χ4n) is 2.01. The van der Waals surface area contributed by atoms with Gasteiger partial charge in [-0.3, -0.25) is 0 Å². The fourth-order valence-corrected chi connectivity index (χ4v) is 2.01. The summed E-state index contributed by atoms with van der Waals surface area (Å²) in [5.74, 6) is 1.33. The van der Waals surface area contributed by atoms with E-state index in [2.05, 4.69) is 10.1 Å². The van der Waals surface area contributed by atoms with E-state index in [-0.39, 0.29) is 0 Å². The topological polar surface area (TPSA) is 61.8 Å². The molecule has 0 aromatic rings. The molecule has 86 valence electrons. The zero-order valence-electron chi connectivity index (χ0n) is 9.23. The third-order valence-corrected chi connectivity index (χ3v) is 3.26. The van der Waals surface area contributed by atoms with E-state index in [1.165, 1.54) is 32.2 Å². The summed E-state index contributed by atoms with van der Waals surface area (Å²) in [7, 11) is 0. The van der Waals surface area contributed by atoms with E-state index < -0.39 is 0 Å². The van der Waals surface area contributed by atoms with Gasteiger partial charge in [0, 0.05) is 19.0 Å². The number of oxime groups is 1. The van der Waals surface area contributed by atoms with E-state index >= 15 is 0 Å². The molecule has 2 aliphatic rings. The normalized spacial score (nSPS) is 22.3. The van der Waals surface area contributed by atoms with Gasteiger partial charge in [-0.15, -0.1) is 0 Å². The second-order valence-electron chi connectivity index (χ2n) is 4.86. The number of hydrogen-bond acceptors (Lipinski definition) is 3. The lowest BCUT2D eigenvalue weighted by Crippen LogP contribution is -2.30. The van der Waals surface area contributed by atoms with Gasteiger partial charge in [-0.2, -0.15) is 0 Å². The van der Waals surface area contributed by atoms with Crippen molar-refractivity contribution in [1.82, 2.24) is 4.90 Å². The molecular formula is C11H21N3O. The van der Waals surface area contributed by atoms with E-state index in [4.69, 9.17) is 10.9 Å². The summed E-state index contributed by atoms with van der Waals surface area (Å²) in [5.41, 5.74) is 5.45. The molecule has 0 saturated heterocycles. The van der Waals surface area contributed by atoms with Crippen molar-refractivity contribution < 1.29 is 5.21 Å². The van der Waals surface area contributed by atoms with Crippen molar-refractivity contribution in [2.75, 3.05) is 13.1 Å². The average molecular weight is 211 g/mol. The number of amidine groups is 1. The Kier molecular flexibility index (Phi) is 3.46. The van der Waals surface area contributed by atoms with Crippen LogP contribution in [0.1, 0.15) is 38.5 Å². The maximum Gasteiger partial charge on any atom is 0.139 e. The molecule has 3 N–H and O–H groups in total. The Bertz CT molecular complexity index is 234. The highest BCUT2D eigenvalue weighted by Crippen LogP contribution is 2.34. The van der Waals surface area contributed by atoms with Crippen LogP contribution in [0.15, 0.2) is 5.16 Å². The van der Waals surface area contributed by atoms with Gasteiger partial charge in [0.2, 0.25) is 0 Å². The minimum absolute atomic E-state index is 0.358. The molecule has 0 amide bonds. The van der Waals surface area contributed by atoms with Gasteiger partial charge < -0.3 is 15.8 Å². The van der Waals surface area contributed by atoms with E-state index in [0.29, 0.717) is 12.3 Å². The quantitative estimate of drug-likeness (QED) is 0.289. The zero-order chi connectivity index (χ0) is 10.7. The highest BCUT2D eigenvalue weighted by molar-refractivity contribution is 5.79. The molecule has 0 aliphatic heterocycles. The van der Waals surface area contributed by atoms with Gasteiger partial charge in [-0.05, 0) is 44.6 Å². The first-order chi connectivity index (χ1) is 7.29. The van der Waals surface area contributed by atoms with Gasteiger partial charge in [0.05, 0.1) is 0 Å². The second-order valence-corrected chi connectivity index (χ2v) is 4.86. The standard InChI is InChI=1S/C11H21N3O/c12-11(13-15)2-1-7-14(10-5-6-10)8-9-3-4-9/h9-10,15H,1-8H2,(H2,12,13). The summed E-state index contributed by atoms with van der Waals surface area (Å²) in [6.45, 7) is 2.39. The summed E-state index contributed by atoms with van der Waals surface area (Å²) < 4.78 is 0. The van der Waals surface area contributed by atoms with Gasteiger partial charge in [-0.1, -0.05) is 5.16 Å². The van der Waals surface area contributed by atoms with Gasteiger partial charge >= 0.3 is 0 Å². The number of hydrogen-bond donors (Lipinski definition) is 2. The van der Waals surface area contributed by atoms with Crippen LogP contribution in [0.4, 0.5) is 0 Å². The lowest BCUT2D eigenvalue weighted by atomic mass is 10.2. The van der Waals surface area contributed by atoms with Crippen molar-refractivity contribution >= 4 is 5.84 Å².